The number of urea groups is 1. The van der Waals surface area contributed by atoms with Crippen molar-refractivity contribution in [3.8, 4) is 5.75 Å². The average molecular weight is 442 g/mol. The lowest BCUT2D eigenvalue weighted by molar-refractivity contribution is 0.171. The zero-order valence-corrected chi connectivity index (χ0v) is 17.6. The number of rotatable bonds is 7. The summed E-state index contributed by atoms with van der Waals surface area (Å²) in [6.45, 7) is 3.02. The van der Waals surface area contributed by atoms with E-state index in [0.29, 0.717) is 35.9 Å². The van der Waals surface area contributed by atoms with Crippen LogP contribution in [0.25, 0.3) is 0 Å². The number of halogens is 1. The van der Waals surface area contributed by atoms with E-state index in [9.17, 15) is 17.6 Å². The minimum Gasteiger partial charge on any atom is -0.491 e. The highest BCUT2D eigenvalue weighted by Crippen LogP contribution is 2.19. The van der Waals surface area contributed by atoms with Gasteiger partial charge in [0, 0.05) is 19.1 Å². The zero-order chi connectivity index (χ0) is 20.9. The van der Waals surface area contributed by atoms with Crippen LogP contribution >= 0.6 is 11.3 Å². The van der Waals surface area contributed by atoms with Gasteiger partial charge in [0.25, 0.3) is 0 Å². The maximum absolute atomic E-state index is 12.9. The lowest BCUT2D eigenvalue weighted by Crippen LogP contribution is -2.51. The maximum atomic E-state index is 12.9. The highest BCUT2D eigenvalue weighted by molar-refractivity contribution is 7.91. The third kappa shape index (κ3) is 6.15. The molecule has 0 spiro atoms. The van der Waals surface area contributed by atoms with Crippen molar-refractivity contribution in [1.82, 2.24) is 14.9 Å². The van der Waals surface area contributed by atoms with Gasteiger partial charge in [0.2, 0.25) is 10.0 Å². The van der Waals surface area contributed by atoms with Gasteiger partial charge in [-0.1, -0.05) is 6.07 Å². The summed E-state index contributed by atoms with van der Waals surface area (Å²) in [6.07, 6.45) is 1.11. The van der Waals surface area contributed by atoms with Crippen LogP contribution in [0, 0.1) is 5.82 Å². The monoisotopic (exact) mass is 441 g/mol. The molecule has 1 aliphatic rings. The van der Waals surface area contributed by atoms with Gasteiger partial charge in [-0.25, -0.2) is 22.3 Å². The molecule has 10 heteroatoms. The average Bonchev–Trinajstić information content (AvgIpc) is 3.24. The second-order valence-electron chi connectivity index (χ2n) is 6.93. The van der Waals surface area contributed by atoms with E-state index in [2.05, 4.69) is 10.0 Å². The molecular formula is C19H24FN3O4S2. The van der Waals surface area contributed by atoms with Crippen LogP contribution in [0.4, 0.5) is 9.18 Å². The number of amides is 2. The number of nitrogens with one attached hydrogen (secondary N) is 2. The smallest absolute Gasteiger partial charge is 0.317 e. The molecule has 1 saturated heterocycles. The van der Waals surface area contributed by atoms with Gasteiger partial charge >= 0.3 is 6.03 Å². The summed E-state index contributed by atoms with van der Waals surface area (Å²) in [7, 11) is -3.50. The largest absolute Gasteiger partial charge is 0.491 e. The van der Waals surface area contributed by atoms with Crippen molar-refractivity contribution in [2.45, 2.75) is 36.1 Å². The van der Waals surface area contributed by atoms with E-state index in [1.165, 1.54) is 35.6 Å². The van der Waals surface area contributed by atoms with Crippen LogP contribution in [0.5, 0.6) is 5.75 Å². The third-order valence-corrected chi connectivity index (χ3v) is 7.47. The van der Waals surface area contributed by atoms with Gasteiger partial charge in [-0.15, -0.1) is 11.3 Å². The van der Waals surface area contributed by atoms with E-state index in [-0.39, 0.29) is 30.5 Å². The molecule has 3 rings (SSSR count). The predicted molar refractivity (Wildman–Crippen MR) is 109 cm³/mol. The molecule has 2 aromatic rings. The number of sulfonamides is 1. The van der Waals surface area contributed by atoms with Crippen molar-refractivity contribution < 1.29 is 22.3 Å². The number of thiophene rings is 1. The lowest BCUT2D eigenvalue weighted by Gasteiger charge is -2.33. The first-order valence-electron chi connectivity index (χ1n) is 9.33. The van der Waals surface area contributed by atoms with Gasteiger partial charge in [-0.05, 0) is 55.5 Å². The number of hydrogen-bond donors (Lipinski definition) is 2. The Morgan fingerprint density at radius 3 is 2.59 bits per heavy atom. The van der Waals surface area contributed by atoms with Crippen molar-refractivity contribution in [2.24, 2.45) is 0 Å². The fourth-order valence-corrected chi connectivity index (χ4v) is 5.30. The molecule has 1 aromatic carbocycles. The van der Waals surface area contributed by atoms with E-state index in [4.69, 9.17) is 4.74 Å². The summed E-state index contributed by atoms with van der Waals surface area (Å²) in [6, 6.07) is 8.34. The Morgan fingerprint density at radius 1 is 1.28 bits per heavy atom. The van der Waals surface area contributed by atoms with Gasteiger partial charge in [0.05, 0.1) is 6.04 Å². The predicted octanol–water partition coefficient (Wildman–Crippen LogP) is 2.81. The normalized spacial score (nSPS) is 16.4. The molecular weight excluding hydrogens is 417 g/mol. The fourth-order valence-electron chi connectivity index (χ4n) is 2.99. The summed E-state index contributed by atoms with van der Waals surface area (Å²) in [5, 5.41) is 4.59. The molecule has 1 atom stereocenters. The van der Waals surface area contributed by atoms with Crippen molar-refractivity contribution in [3.05, 3.63) is 47.6 Å². The summed E-state index contributed by atoms with van der Waals surface area (Å²) in [5.74, 6) is 0.200. The summed E-state index contributed by atoms with van der Waals surface area (Å²) in [4.78, 5) is 14.1. The highest BCUT2D eigenvalue weighted by atomic mass is 32.2. The van der Waals surface area contributed by atoms with E-state index >= 15 is 0 Å². The molecule has 29 heavy (non-hydrogen) atoms. The lowest BCUT2D eigenvalue weighted by atomic mass is 10.1. The van der Waals surface area contributed by atoms with Gasteiger partial charge in [0.15, 0.2) is 0 Å². The molecule has 0 radical (unpaired) electrons. The Hall–Kier alpha value is -2.17. The Kier molecular flexibility index (Phi) is 7.09. The minimum atomic E-state index is -3.50. The van der Waals surface area contributed by atoms with Gasteiger partial charge < -0.3 is 15.0 Å². The first kappa shape index (κ1) is 21.5. The van der Waals surface area contributed by atoms with E-state index in [0.717, 1.165) is 0 Å². The molecule has 0 bridgehead atoms. The number of piperidine rings is 1. The van der Waals surface area contributed by atoms with E-state index in [1.807, 2.05) is 6.92 Å². The van der Waals surface area contributed by atoms with Gasteiger partial charge in [-0.2, -0.15) is 0 Å². The molecule has 158 valence electrons. The van der Waals surface area contributed by atoms with Crippen molar-refractivity contribution >= 4 is 27.4 Å². The Balaban J connectivity index is 1.40. The second kappa shape index (κ2) is 9.55. The highest BCUT2D eigenvalue weighted by Gasteiger charge is 2.27. The molecule has 2 amide bonds. The SMILES string of the molecule is CC(COc1ccc(F)cc1)NC(=O)N1CCC(NS(=O)(=O)c2cccs2)CC1. The molecule has 2 heterocycles. The first-order valence-corrected chi connectivity index (χ1v) is 11.7. The molecule has 1 unspecified atom stereocenters. The van der Waals surface area contributed by atoms with Crippen LogP contribution in [0.2, 0.25) is 0 Å². The number of likely N-dealkylation sites (tertiary alicyclic amines) is 1. The number of hydrogen-bond acceptors (Lipinski definition) is 5. The Bertz CT molecular complexity index is 896. The third-order valence-electron chi connectivity index (χ3n) is 4.55. The topological polar surface area (TPSA) is 87.7 Å². The molecule has 0 saturated carbocycles. The molecule has 0 aliphatic carbocycles. The number of nitrogens with zero attached hydrogens (tertiary/aromatic N) is 1. The van der Waals surface area contributed by atoms with Crippen LogP contribution in [0.3, 0.4) is 0 Å². The van der Waals surface area contributed by atoms with E-state index < -0.39 is 10.0 Å². The number of ether oxygens (including phenoxy) is 1. The van der Waals surface area contributed by atoms with Crippen molar-refractivity contribution in [3.63, 3.8) is 0 Å². The van der Waals surface area contributed by atoms with Crippen molar-refractivity contribution in [1.29, 1.82) is 0 Å². The number of carbonyl (C=O) groups excluding carboxylic acids is 1. The molecule has 1 aromatic heterocycles. The van der Waals surface area contributed by atoms with Crippen LogP contribution in [-0.2, 0) is 10.0 Å². The molecule has 2 N–H and O–H groups in total. The van der Waals surface area contributed by atoms with Gasteiger partial charge in [-0.3, -0.25) is 0 Å². The molecule has 7 nitrogen and oxygen atoms in total. The maximum Gasteiger partial charge on any atom is 0.317 e. The van der Waals surface area contributed by atoms with Crippen LogP contribution in [-0.4, -0.2) is 51.1 Å². The van der Waals surface area contributed by atoms with Gasteiger partial charge in [0.1, 0.15) is 22.4 Å². The Labute approximate surface area is 173 Å². The van der Waals surface area contributed by atoms with Crippen LogP contribution < -0.4 is 14.8 Å². The zero-order valence-electron chi connectivity index (χ0n) is 16.0. The first-order chi connectivity index (χ1) is 13.8. The summed E-state index contributed by atoms with van der Waals surface area (Å²) >= 11 is 1.18. The molecule has 1 aliphatic heterocycles. The quantitative estimate of drug-likeness (QED) is 0.692. The minimum absolute atomic E-state index is 0.189. The standard InChI is InChI=1S/C19H24FN3O4S2/c1-14(13-27-17-6-4-15(20)5-7-17)21-19(24)23-10-8-16(9-11-23)22-29(25,26)18-3-2-12-28-18/h2-7,12,14,16,22H,8-11,13H2,1H3,(H,21,24). The summed E-state index contributed by atoms with van der Waals surface area (Å²) < 4.78 is 46.1. The molecule has 1 fully saturated rings. The van der Waals surface area contributed by atoms with Crippen LogP contribution in [0.15, 0.2) is 46.0 Å². The summed E-state index contributed by atoms with van der Waals surface area (Å²) in [5.41, 5.74) is 0. The fraction of sp³-hybridized carbons (Fsp3) is 0.421. The Morgan fingerprint density at radius 2 is 1.97 bits per heavy atom. The number of carbonyl (C=O) groups is 1. The van der Waals surface area contributed by atoms with E-state index in [1.54, 1.807) is 22.4 Å². The van der Waals surface area contributed by atoms with Crippen LogP contribution in [0.1, 0.15) is 19.8 Å². The van der Waals surface area contributed by atoms with Crippen molar-refractivity contribution in [2.75, 3.05) is 19.7 Å². The second-order valence-corrected chi connectivity index (χ2v) is 9.82. The number of benzene rings is 1.